The summed E-state index contributed by atoms with van der Waals surface area (Å²) in [6.45, 7) is 8.60. The van der Waals surface area contributed by atoms with Crippen molar-refractivity contribution in [3.63, 3.8) is 0 Å². The molecule has 0 unspecified atom stereocenters. The molecular formula is C24H29N3O5S. The Morgan fingerprint density at radius 1 is 1.09 bits per heavy atom. The fraction of sp³-hybridized carbons (Fsp3) is 0.417. The molecule has 0 spiro atoms. The molecule has 8 nitrogen and oxygen atoms in total. The molecular weight excluding hydrogens is 442 g/mol. The number of fused-ring (bicyclic) bond motifs is 1. The normalized spacial score (nSPS) is 19.6. The van der Waals surface area contributed by atoms with Gasteiger partial charge in [-0.05, 0) is 61.4 Å². The molecule has 4 rings (SSSR count). The topological polar surface area (TPSA) is 102 Å². The number of rotatable bonds is 5. The first-order chi connectivity index (χ1) is 15.5. The maximum absolute atomic E-state index is 13.2. The van der Waals surface area contributed by atoms with Crippen LogP contribution in [0.2, 0.25) is 0 Å². The Bertz CT molecular complexity index is 1360. The second-order valence-corrected chi connectivity index (χ2v) is 11.2. The van der Waals surface area contributed by atoms with Gasteiger partial charge < -0.3 is 9.73 Å². The van der Waals surface area contributed by atoms with Crippen molar-refractivity contribution in [1.29, 1.82) is 0 Å². The smallest absolute Gasteiger partial charge is 0.408 e. The van der Waals surface area contributed by atoms with Gasteiger partial charge in [-0.25, -0.2) is 13.2 Å². The first-order valence-corrected chi connectivity index (χ1v) is 12.5. The highest BCUT2D eigenvalue weighted by atomic mass is 32.2. The van der Waals surface area contributed by atoms with Crippen LogP contribution >= 0.6 is 0 Å². The van der Waals surface area contributed by atoms with E-state index in [1.165, 1.54) is 27.1 Å². The molecule has 2 aromatic carbocycles. The second-order valence-electron chi connectivity index (χ2n) is 9.22. The van der Waals surface area contributed by atoms with E-state index in [9.17, 15) is 18.0 Å². The molecule has 1 aromatic heterocycles. The zero-order valence-electron chi connectivity index (χ0n) is 19.3. The Labute approximate surface area is 193 Å². The van der Waals surface area contributed by atoms with Crippen LogP contribution in [0.25, 0.3) is 11.1 Å². The molecule has 3 aromatic rings. The van der Waals surface area contributed by atoms with Gasteiger partial charge in [-0.3, -0.25) is 9.36 Å². The monoisotopic (exact) mass is 471 g/mol. The van der Waals surface area contributed by atoms with E-state index in [4.69, 9.17) is 4.42 Å². The number of amides is 1. The lowest BCUT2D eigenvalue weighted by Gasteiger charge is -2.34. The Kier molecular flexibility index (Phi) is 6.20. The minimum atomic E-state index is -3.71. The predicted octanol–water partition coefficient (Wildman–Crippen LogP) is 3.52. The van der Waals surface area contributed by atoms with Crippen LogP contribution in [0.1, 0.15) is 31.4 Å². The van der Waals surface area contributed by atoms with E-state index in [0.717, 1.165) is 17.5 Å². The molecule has 176 valence electrons. The van der Waals surface area contributed by atoms with Crippen molar-refractivity contribution in [3.05, 3.63) is 58.1 Å². The zero-order valence-corrected chi connectivity index (χ0v) is 20.1. The number of carbonyl (C=O) groups is 1. The summed E-state index contributed by atoms with van der Waals surface area (Å²) >= 11 is 0. The highest BCUT2D eigenvalue weighted by molar-refractivity contribution is 7.89. The number of aromatic nitrogens is 1. The average Bonchev–Trinajstić information content (AvgIpc) is 3.04. The highest BCUT2D eigenvalue weighted by Crippen LogP contribution is 2.28. The summed E-state index contributed by atoms with van der Waals surface area (Å²) in [6, 6.07) is 10.1. The zero-order chi connectivity index (χ0) is 23.9. The van der Waals surface area contributed by atoms with Crippen molar-refractivity contribution < 1.29 is 17.6 Å². The van der Waals surface area contributed by atoms with Crippen molar-refractivity contribution in [2.75, 3.05) is 18.4 Å². The quantitative estimate of drug-likeness (QED) is 0.614. The van der Waals surface area contributed by atoms with Crippen LogP contribution in [0, 0.1) is 25.7 Å². The number of nitrogens with one attached hydrogen (secondary N) is 1. The molecule has 33 heavy (non-hydrogen) atoms. The Hall–Kier alpha value is -2.91. The number of aryl methyl sites for hydroxylation is 2. The van der Waals surface area contributed by atoms with Crippen LogP contribution in [0.3, 0.4) is 0 Å². The van der Waals surface area contributed by atoms with Crippen molar-refractivity contribution in [3.8, 4) is 0 Å². The van der Waals surface area contributed by atoms with E-state index >= 15 is 0 Å². The predicted molar refractivity (Wildman–Crippen MR) is 127 cm³/mol. The third-order valence-electron chi connectivity index (χ3n) is 6.08. The van der Waals surface area contributed by atoms with Crippen LogP contribution in [0.4, 0.5) is 5.69 Å². The van der Waals surface area contributed by atoms with Gasteiger partial charge in [0.05, 0.1) is 10.4 Å². The molecule has 1 aliphatic heterocycles. The molecule has 2 heterocycles. The van der Waals surface area contributed by atoms with Crippen LogP contribution in [0.15, 0.2) is 50.5 Å². The molecule has 0 saturated carbocycles. The van der Waals surface area contributed by atoms with Crippen LogP contribution in [-0.4, -0.2) is 36.3 Å². The van der Waals surface area contributed by atoms with Gasteiger partial charge in [0.1, 0.15) is 6.54 Å². The standard InChI is InChI=1S/C24H29N3O5S/c1-15-5-6-18(4)20(10-15)25-23(28)14-27-21-8-7-19(11-22(21)32-24(27)29)33(30,31)26-12-16(2)9-17(3)13-26/h5-8,10-11,16-17H,9,12-14H2,1-4H3,(H,25,28)/t16-,17+. The van der Waals surface area contributed by atoms with Crippen molar-refractivity contribution in [2.45, 2.75) is 45.6 Å². The minimum absolute atomic E-state index is 0.0806. The maximum Gasteiger partial charge on any atom is 0.420 e. The molecule has 0 radical (unpaired) electrons. The lowest BCUT2D eigenvalue weighted by Crippen LogP contribution is -2.42. The number of piperidine rings is 1. The summed E-state index contributed by atoms with van der Waals surface area (Å²) in [5, 5.41) is 2.83. The number of hydrogen-bond donors (Lipinski definition) is 1. The maximum atomic E-state index is 13.2. The first-order valence-electron chi connectivity index (χ1n) is 11.0. The van der Waals surface area contributed by atoms with E-state index < -0.39 is 15.8 Å². The second kappa shape index (κ2) is 8.79. The van der Waals surface area contributed by atoms with Gasteiger partial charge in [-0.2, -0.15) is 4.31 Å². The van der Waals surface area contributed by atoms with E-state index in [1.54, 1.807) is 0 Å². The fourth-order valence-corrected chi connectivity index (χ4v) is 6.21. The average molecular weight is 472 g/mol. The van der Waals surface area contributed by atoms with E-state index in [2.05, 4.69) is 5.32 Å². The molecule has 0 bridgehead atoms. The summed E-state index contributed by atoms with van der Waals surface area (Å²) in [5.74, 6) is -0.527. The minimum Gasteiger partial charge on any atom is -0.408 e. The molecule has 1 N–H and O–H groups in total. The lowest BCUT2D eigenvalue weighted by atomic mass is 9.94. The summed E-state index contributed by atoms with van der Waals surface area (Å²) in [5.41, 5.74) is 3.11. The van der Waals surface area contributed by atoms with Gasteiger partial charge in [0.15, 0.2) is 5.58 Å². The van der Waals surface area contributed by atoms with Gasteiger partial charge in [0.25, 0.3) is 0 Å². The van der Waals surface area contributed by atoms with Crippen molar-refractivity contribution in [2.24, 2.45) is 11.8 Å². The first kappa shape index (κ1) is 23.3. The van der Waals surface area contributed by atoms with Gasteiger partial charge in [-0.15, -0.1) is 0 Å². The van der Waals surface area contributed by atoms with Gasteiger partial charge in [-0.1, -0.05) is 26.0 Å². The molecule has 0 aliphatic carbocycles. The summed E-state index contributed by atoms with van der Waals surface area (Å²) < 4.78 is 34.4. The van der Waals surface area contributed by atoms with Gasteiger partial charge in [0, 0.05) is 24.8 Å². The number of carbonyl (C=O) groups excluding carboxylic acids is 1. The third kappa shape index (κ3) is 4.74. The SMILES string of the molecule is Cc1ccc(C)c(NC(=O)Cn2c(=O)oc3cc(S(=O)(=O)N4C[C@H](C)C[C@H](C)C4)ccc32)c1. The van der Waals surface area contributed by atoms with Gasteiger partial charge >= 0.3 is 5.76 Å². The molecule has 1 amide bonds. The molecule has 1 aliphatic rings. The Balaban J connectivity index is 1.59. The van der Waals surface area contributed by atoms with E-state index in [1.807, 2.05) is 45.9 Å². The summed E-state index contributed by atoms with van der Waals surface area (Å²) in [4.78, 5) is 25.2. The van der Waals surface area contributed by atoms with Crippen molar-refractivity contribution in [1.82, 2.24) is 8.87 Å². The number of sulfonamides is 1. The highest BCUT2D eigenvalue weighted by Gasteiger charge is 2.32. The number of benzene rings is 2. The summed E-state index contributed by atoms with van der Waals surface area (Å²) in [7, 11) is -3.71. The van der Waals surface area contributed by atoms with Crippen LogP contribution in [-0.2, 0) is 21.4 Å². The Morgan fingerprint density at radius 2 is 1.79 bits per heavy atom. The van der Waals surface area contributed by atoms with E-state index in [-0.39, 0.29) is 34.8 Å². The number of anilines is 1. The fourth-order valence-electron chi connectivity index (χ4n) is 4.51. The lowest BCUT2D eigenvalue weighted by molar-refractivity contribution is -0.116. The van der Waals surface area contributed by atoms with Crippen molar-refractivity contribution >= 4 is 32.7 Å². The molecule has 1 saturated heterocycles. The largest absolute Gasteiger partial charge is 0.420 e. The number of nitrogens with zero attached hydrogens (tertiary/aromatic N) is 2. The van der Waals surface area contributed by atoms with E-state index in [0.29, 0.717) is 24.3 Å². The summed E-state index contributed by atoms with van der Waals surface area (Å²) in [6.07, 6.45) is 0.993. The Morgan fingerprint density at radius 3 is 2.48 bits per heavy atom. The molecule has 1 fully saturated rings. The number of hydrogen-bond acceptors (Lipinski definition) is 5. The van der Waals surface area contributed by atoms with Crippen LogP contribution < -0.4 is 11.1 Å². The third-order valence-corrected chi connectivity index (χ3v) is 7.91. The molecule has 2 atom stereocenters. The number of oxazole rings is 1. The van der Waals surface area contributed by atoms with Crippen LogP contribution in [0.5, 0.6) is 0 Å². The molecule has 9 heteroatoms. The van der Waals surface area contributed by atoms with Gasteiger partial charge in [0.2, 0.25) is 15.9 Å².